The van der Waals surface area contributed by atoms with Crippen molar-refractivity contribution in [3.8, 4) is 0 Å². The molecule has 1 aromatic carbocycles. The molecular weight excluding hydrogens is 244 g/mol. The molecule has 19 heavy (non-hydrogen) atoms. The third-order valence-electron chi connectivity index (χ3n) is 2.57. The van der Waals surface area contributed by atoms with E-state index in [4.69, 9.17) is 4.42 Å². The lowest BCUT2D eigenvalue weighted by Crippen LogP contribution is -2.41. The van der Waals surface area contributed by atoms with Crippen LogP contribution in [0.15, 0.2) is 40.8 Å². The number of carbonyl (C=O) groups excluding carboxylic acids is 2. The highest BCUT2D eigenvalue weighted by Crippen LogP contribution is 2.05. The highest BCUT2D eigenvalue weighted by Gasteiger charge is 2.11. The Balaban J connectivity index is 1.93. The van der Waals surface area contributed by atoms with Crippen LogP contribution in [0.25, 0.3) is 0 Å². The molecule has 0 fully saturated rings. The molecular formula is C14H14N2O3. The van der Waals surface area contributed by atoms with E-state index in [0.29, 0.717) is 11.3 Å². The Morgan fingerprint density at radius 3 is 2.11 bits per heavy atom. The van der Waals surface area contributed by atoms with Crippen LogP contribution in [-0.4, -0.2) is 11.8 Å². The van der Waals surface area contributed by atoms with Crippen molar-refractivity contribution in [3.05, 3.63) is 59.0 Å². The minimum atomic E-state index is -0.492. The predicted molar refractivity (Wildman–Crippen MR) is 69.6 cm³/mol. The van der Waals surface area contributed by atoms with Crippen LogP contribution >= 0.6 is 0 Å². The summed E-state index contributed by atoms with van der Waals surface area (Å²) in [7, 11) is 0. The van der Waals surface area contributed by atoms with Crippen LogP contribution in [0.2, 0.25) is 0 Å². The number of hydrogen-bond acceptors (Lipinski definition) is 3. The Labute approximate surface area is 110 Å². The molecule has 5 nitrogen and oxygen atoms in total. The van der Waals surface area contributed by atoms with E-state index in [-0.39, 0.29) is 11.7 Å². The number of rotatable bonds is 2. The summed E-state index contributed by atoms with van der Waals surface area (Å²) >= 11 is 0. The molecule has 2 aromatic rings. The Morgan fingerprint density at radius 2 is 1.53 bits per heavy atom. The summed E-state index contributed by atoms with van der Waals surface area (Å²) in [4.78, 5) is 23.4. The van der Waals surface area contributed by atoms with E-state index >= 15 is 0 Å². The highest BCUT2D eigenvalue weighted by molar-refractivity contribution is 5.97. The van der Waals surface area contributed by atoms with Crippen molar-refractivity contribution in [1.29, 1.82) is 0 Å². The average Bonchev–Trinajstić information content (AvgIpc) is 2.83. The quantitative estimate of drug-likeness (QED) is 0.809. The first-order chi connectivity index (χ1) is 9.06. The van der Waals surface area contributed by atoms with Gasteiger partial charge >= 0.3 is 5.91 Å². The van der Waals surface area contributed by atoms with Crippen LogP contribution in [0.3, 0.4) is 0 Å². The van der Waals surface area contributed by atoms with Crippen molar-refractivity contribution in [3.63, 3.8) is 0 Å². The van der Waals surface area contributed by atoms with Gasteiger partial charge in [0.05, 0.1) is 0 Å². The largest absolute Gasteiger partial charge is 0.456 e. The number of benzene rings is 1. The molecule has 5 heteroatoms. The maximum atomic E-state index is 11.7. The Kier molecular flexibility index (Phi) is 3.66. The Bertz CT molecular complexity index is 599. The van der Waals surface area contributed by atoms with Crippen LogP contribution in [0.4, 0.5) is 0 Å². The Morgan fingerprint density at radius 1 is 0.895 bits per heavy atom. The van der Waals surface area contributed by atoms with Crippen molar-refractivity contribution in [1.82, 2.24) is 10.9 Å². The second-order valence-corrected chi connectivity index (χ2v) is 4.18. The number of aryl methyl sites for hydroxylation is 2. The molecule has 2 amide bonds. The van der Waals surface area contributed by atoms with E-state index in [1.165, 1.54) is 0 Å². The molecule has 2 rings (SSSR count). The number of nitrogens with one attached hydrogen (secondary N) is 2. The van der Waals surface area contributed by atoms with Gasteiger partial charge in [0.1, 0.15) is 5.76 Å². The second-order valence-electron chi connectivity index (χ2n) is 4.18. The maximum Gasteiger partial charge on any atom is 0.305 e. The minimum absolute atomic E-state index is 0.154. The second kappa shape index (κ2) is 5.39. The highest BCUT2D eigenvalue weighted by atomic mass is 16.3. The van der Waals surface area contributed by atoms with Gasteiger partial charge in [0.2, 0.25) is 0 Å². The topological polar surface area (TPSA) is 71.3 Å². The molecule has 0 atom stereocenters. The molecule has 1 heterocycles. The summed E-state index contributed by atoms with van der Waals surface area (Å²) in [6.45, 7) is 3.67. The zero-order valence-electron chi connectivity index (χ0n) is 10.7. The molecule has 0 saturated carbocycles. The third kappa shape index (κ3) is 3.22. The lowest BCUT2D eigenvalue weighted by Gasteiger charge is -2.06. The first-order valence-corrected chi connectivity index (χ1v) is 5.80. The van der Waals surface area contributed by atoms with Crippen LogP contribution < -0.4 is 10.9 Å². The average molecular weight is 258 g/mol. The minimum Gasteiger partial charge on any atom is -0.456 e. The van der Waals surface area contributed by atoms with E-state index in [1.54, 1.807) is 31.2 Å². The summed E-state index contributed by atoms with van der Waals surface area (Å²) in [6.07, 6.45) is 0. The number of hydrogen-bond donors (Lipinski definition) is 2. The summed E-state index contributed by atoms with van der Waals surface area (Å²) in [5, 5.41) is 0. The molecule has 0 aliphatic carbocycles. The summed E-state index contributed by atoms with van der Waals surface area (Å²) < 4.78 is 5.14. The molecule has 0 radical (unpaired) electrons. The van der Waals surface area contributed by atoms with Gasteiger partial charge in [-0.1, -0.05) is 17.7 Å². The van der Waals surface area contributed by atoms with Crippen LogP contribution in [0.1, 0.15) is 32.2 Å². The van der Waals surface area contributed by atoms with Gasteiger partial charge in [0.25, 0.3) is 5.91 Å². The molecule has 0 saturated heterocycles. The van der Waals surface area contributed by atoms with Gasteiger partial charge in [0, 0.05) is 5.56 Å². The summed E-state index contributed by atoms with van der Waals surface area (Å²) in [5.74, 6) is -0.0816. The smallest absolute Gasteiger partial charge is 0.305 e. The first-order valence-electron chi connectivity index (χ1n) is 5.80. The molecule has 0 aliphatic rings. The van der Waals surface area contributed by atoms with Gasteiger partial charge in [-0.15, -0.1) is 0 Å². The Hall–Kier alpha value is -2.56. The fourth-order valence-electron chi connectivity index (χ4n) is 1.51. The van der Waals surface area contributed by atoms with Crippen molar-refractivity contribution in [2.45, 2.75) is 13.8 Å². The molecule has 0 aliphatic heterocycles. The van der Waals surface area contributed by atoms with Gasteiger partial charge in [-0.05, 0) is 38.1 Å². The first kappa shape index (κ1) is 12.9. The molecule has 2 N–H and O–H groups in total. The predicted octanol–water partition coefficient (Wildman–Crippen LogP) is 1.97. The maximum absolute atomic E-state index is 11.7. The van der Waals surface area contributed by atoms with Gasteiger partial charge in [-0.3, -0.25) is 20.4 Å². The standard InChI is InChI=1S/C14H14N2O3/c1-9-3-6-11(7-4-9)13(17)15-16-14(18)12-8-5-10(2)19-12/h3-8H,1-2H3,(H,15,17)(H,16,18). The van der Waals surface area contributed by atoms with Gasteiger partial charge < -0.3 is 4.42 Å². The van der Waals surface area contributed by atoms with Crippen molar-refractivity contribution in [2.24, 2.45) is 0 Å². The van der Waals surface area contributed by atoms with Crippen molar-refractivity contribution < 1.29 is 14.0 Å². The molecule has 0 bridgehead atoms. The zero-order chi connectivity index (χ0) is 13.8. The summed E-state index contributed by atoms with van der Waals surface area (Å²) in [5.41, 5.74) is 6.16. The van der Waals surface area contributed by atoms with Crippen LogP contribution in [-0.2, 0) is 0 Å². The fraction of sp³-hybridized carbons (Fsp3) is 0.143. The summed E-state index contributed by atoms with van der Waals surface area (Å²) in [6, 6.07) is 10.3. The van der Waals surface area contributed by atoms with Gasteiger partial charge in [-0.2, -0.15) is 0 Å². The van der Waals surface area contributed by atoms with E-state index in [9.17, 15) is 9.59 Å². The van der Waals surface area contributed by atoms with Crippen LogP contribution in [0.5, 0.6) is 0 Å². The molecule has 1 aromatic heterocycles. The zero-order valence-corrected chi connectivity index (χ0v) is 10.7. The van der Waals surface area contributed by atoms with Gasteiger partial charge in [0.15, 0.2) is 5.76 Å². The normalized spacial score (nSPS) is 10.0. The fourth-order valence-corrected chi connectivity index (χ4v) is 1.51. The number of carbonyl (C=O) groups is 2. The third-order valence-corrected chi connectivity index (χ3v) is 2.57. The monoisotopic (exact) mass is 258 g/mol. The SMILES string of the molecule is Cc1ccc(C(=O)NNC(=O)c2ccc(C)o2)cc1. The lowest BCUT2D eigenvalue weighted by molar-refractivity contribution is 0.0830. The van der Waals surface area contributed by atoms with E-state index in [2.05, 4.69) is 10.9 Å². The lowest BCUT2D eigenvalue weighted by atomic mass is 10.1. The molecule has 98 valence electrons. The molecule has 0 unspecified atom stereocenters. The van der Waals surface area contributed by atoms with E-state index in [0.717, 1.165) is 5.56 Å². The van der Waals surface area contributed by atoms with E-state index < -0.39 is 5.91 Å². The van der Waals surface area contributed by atoms with E-state index in [1.807, 2.05) is 19.1 Å². The number of amides is 2. The van der Waals surface area contributed by atoms with Crippen LogP contribution in [0, 0.1) is 13.8 Å². The van der Waals surface area contributed by atoms with Crippen molar-refractivity contribution >= 4 is 11.8 Å². The van der Waals surface area contributed by atoms with Gasteiger partial charge in [-0.25, -0.2) is 0 Å². The number of hydrazine groups is 1. The van der Waals surface area contributed by atoms with Crippen molar-refractivity contribution in [2.75, 3.05) is 0 Å². The molecule has 0 spiro atoms. The number of furan rings is 1.